The van der Waals surface area contributed by atoms with Crippen LogP contribution in [0.1, 0.15) is 18.5 Å². The first kappa shape index (κ1) is 18.8. The van der Waals surface area contributed by atoms with E-state index in [-0.39, 0.29) is 12.1 Å². The minimum Gasteiger partial charge on any atom is -0.495 e. The van der Waals surface area contributed by atoms with Gasteiger partial charge in [-0.2, -0.15) is 0 Å². The Bertz CT molecular complexity index is 1040. The number of methoxy groups -OCH3 is 1. The SMILES string of the molecule is COc1ccccc1NC(=O)Nc1ccc(-c2cncc3c2C(C)NN3C)cc1. The van der Waals surface area contributed by atoms with Gasteiger partial charge in [-0.1, -0.05) is 24.3 Å². The van der Waals surface area contributed by atoms with Crippen molar-refractivity contribution in [1.29, 1.82) is 0 Å². The number of benzene rings is 2. The molecule has 0 saturated heterocycles. The molecule has 0 radical (unpaired) electrons. The fourth-order valence-corrected chi connectivity index (χ4v) is 3.60. The number of rotatable bonds is 4. The molecule has 1 aliphatic rings. The second kappa shape index (κ2) is 7.81. The van der Waals surface area contributed by atoms with Gasteiger partial charge in [0.2, 0.25) is 0 Å². The van der Waals surface area contributed by atoms with E-state index >= 15 is 0 Å². The Kier molecular flexibility index (Phi) is 5.05. The van der Waals surface area contributed by atoms with Crippen molar-refractivity contribution < 1.29 is 9.53 Å². The molecule has 148 valence electrons. The highest BCUT2D eigenvalue weighted by Gasteiger charge is 2.26. The van der Waals surface area contributed by atoms with E-state index in [1.165, 1.54) is 5.56 Å². The summed E-state index contributed by atoms with van der Waals surface area (Å²) in [6.07, 6.45) is 3.75. The number of hydrogen-bond acceptors (Lipinski definition) is 5. The van der Waals surface area contributed by atoms with Crippen LogP contribution in [0.3, 0.4) is 0 Å². The molecule has 1 unspecified atom stereocenters. The van der Waals surface area contributed by atoms with Gasteiger partial charge in [0.05, 0.1) is 30.7 Å². The maximum atomic E-state index is 12.3. The molecule has 3 N–H and O–H groups in total. The van der Waals surface area contributed by atoms with Crippen LogP contribution in [0.25, 0.3) is 11.1 Å². The lowest BCUT2D eigenvalue weighted by Crippen LogP contribution is -2.28. The Balaban J connectivity index is 1.50. The number of hydrazine groups is 1. The van der Waals surface area contributed by atoms with Gasteiger partial charge < -0.3 is 20.4 Å². The van der Waals surface area contributed by atoms with E-state index in [0.717, 1.165) is 16.8 Å². The summed E-state index contributed by atoms with van der Waals surface area (Å²) >= 11 is 0. The normalized spacial score (nSPS) is 15.0. The topological polar surface area (TPSA) is 78.5 Å². The number of carbonyl (C=O) groups is 1. The zero-order valence-electron chi connectivity index (χ0n) is 16.6. The van der Waals surface area contributed by atoms with Gasteiger partial charge in [-0.3, -0.25) is 4.98 Å². The molecule has 1 atom stereocenters. The first-order valence-corrected chi connectivity index (χ1v) is 9.36. The van der Waals surface area contributed by atoms with Gasteiger partial charge in [0.15, 0.2) is 0 Å². The van der Waals surface area contributed by atoms with Crippen LogP contribution in [0, 0.1) is 0 Å². The molecule has 29 heavy (non-hydrogen) atoms. The molecule has 0 saturated carbocycles. The summed E-state index contributed by atoms with van der Waals surface area (Å²) in [7, 11) is 3.56. The Labute approximate surface area is 169 Å². The second-order valence-electron chi connectivity index (χ2n) is 6.89. The number of nitrogens with one attached hydrogen (secondary N) is 3. The molecule has 0 fully saturated rings. The van der Waals surface area contributed by atoms with Crippen molar-refractivity contribution in [2.75, 3.05) is 29.8 Å². The van der Waals surface area contributed by atoms with Crippen molar-refractivity contribution in [1.82, 2.24) is 10.4 Å². The molecule has 1 aliphatic heterocycles. The van der Waals surface area contributed by atoms with Crippen molar-refractivity contribution in [3.05, 3.63) is 66.5 Å². The van der Waals surface area contributed by atoms with Crippen LogP contribution in [-0.4, -0.2) is 25.2 Å². The van der Waals surface area contributed by atoms with Crippen LogP contribution in [0.2, 0.25) is 0 Å². The minimum absolute atomic E-state index is 0.206. The number of urea groups is 1. The van der Waals surface area contributed by atoms with Gasteiger partial charge in [-0.15, -0.1) is 0 Å². The first-order valence-electron chi connectivity index (χ1n) is 9.36. The van der Waals surface area contributed by atoms with Gasteiger partial charge in [0.25, 0.3) is 0 Å². The average Bonchev–Trinajstić information content (AvgIpc) is 3.03. The van der Waals surface area contributed by atoms with Crippen LogP contribution in [0.15, 0.2) is 60.9 Å². The molecule has 0 aliphatic carbocycles. The number of pyridine rings is 1. The van der Waals surface area contributed by atoms with E-state index in [1.807, 2.05) is 60.8 Å². The summed E-state index contributed by atoms with van der Waals surface area (Å²) in [6.45, 7) is 2.13. The largest absolute Gasteiger partial charge is 0.495 e. The molecular weight excluding hydrogens is 366 g/mol. The highest BCUT2D eigenvalue weighted by Crippen LogP contribution is 2.38. The molecule has 7 nitrogen and oxygen atoms in total. The van der Waals surface area contributed by atoms with Crippen LogP contribution in [0.4, 0.5) is 21.9 Å². The van der Waals surface area contributed by atoms with Gasteiger partial charge in [-0.05, 0) is 36.8 Å². The number of para-hydroxylation sites is 2. The molecule has 0 bridgehead atoms. The number of aromatic nitrogens is 1. The molecule has 2 amide bonds. The van der Waals surface area contributed by atoms with Crippen molar-refractivity contribution in [2.45, 2.75) is 13.0 Å². The number of fused-ring (bicyclic) bond motifs is 1. The van der Waals surface area contributed by atoms with Crippen molar-refractivity contribution in [3.8, 4) is 16.9 Å². The van der Waals surface area contributed by atoms with E-state index in [2.05, 4.69) is 28.0 Å². The second-order valence-corrected chi connectivity index (χ2v) is 6.89. The Morgan fingerprint density at radius 2 is 1.86 bits per heavy atom. The molecular formula is C22H23N5O2. The van der Waals surface area contributed by atoms with Crippen LogP contribution >= 0.6 is 0 Å². The summed E-state index contributed by atoms with van der Waals surface area (Å²) < 4.78 is 5.26. The monoisotopic (exact) mass is 389 g/mol. The first-order chi connectivity index (χ1) is 14.1. The third-order valence-electron chi connectivity index (χ3n) is 4.96. The molecule has 2 heterocycles. The predicted molar refractivity (Wildman–Crippen MR) is 115 cm³/mol. The number of hydrogen-bond donors (Lipinski definition) is 3. The predicted octanol–water partition coefficient (Wildman–Crippen LogP) is 4.42. The molecule has 0 spiro atoms. The minimum atomic E-state index is -0.330. The number of nitrogens with zero attached hydrogens (tertiary/aromatic N) is 2. The maximum Gasteiger partial charge on any atom is 0.323 e. The number of carbonyl (C=O) groups excluding carboxylic acids is 1. The molecule has 2 aromatic carbocycles. The number of amides is 2. The van der Waals surface area contributed by atoms with Crippen LogP contribution in [0.5, 0.6) is 5.75 Å². The summed E-state index contributed by atoms with van der Waals surface area (Å²) in [4.78, 5) is 16.7. The van der Waals surface area contributed by atoms with E-state index in [9.17, 15) is 4.79 Å². The molecule has 4 rings (SSSR count). The summed E-state index contributed by atoms with van der Waals surface area (Å²) in [5, 5.41) is 7.64. The van der Waals surface area contributed by atoms with E-state index in [1.54, 1.807) is 19.2 Å². The third kappa shape index (κ3) is 3.72. The van der Waals surface area contributed by atoms with Gasteiger partial charge in [0.1, 0.15) is 5.75 Å². The number of anilines is 3. The van der Waals surface area contributed by atoms with Gasteiger partial charge in [0, 0.05) is 30.1 Å². The smallest absolute Gasteiger partial charge is 0.323 e. The van der Waals surface area contributed by atoms with Crippen LogP contribution < -0.4 is 25.8 Å². The Morgan fingerprint density at radius 1 is 1.10 bits per heavy atom. The molecule has 3 aromatic rings. The lowest BCUT2D eigenvalue weighted by Gasteiger charge is -2.13. The maximum absolute atomic E-state index is 12.3. The van der Waals surface area contributed by atoms with E-state index in [4.69, 9.17) is 4.74 Å². The standard InChI is InChI=1S/C22H23N5O2/c1-14-21-17(12-23-13-19(21)27(2)26-14)15-8-10-16(11-9-15)24-22(28)25-18-6-4-5-7-20(18)29-3/h4-14,26H,1-3H3,(H2,24,25,28). The fraction of sp³-hybridized carbons (Fsp3) is 0.182. The lowest BCUT2D eigenvalue weighted by molar-refractivity contribution is 0.262. The van der Waals surface area contributed by atoms with Crippen molar-refractivity contribution in [2.24, 2.45) is 0 Å². The van der Waals surface area contributed by atoms with Crippen molar-refractivity contribution >= 4 is 23.1 Å². The highest BCUT2D eigenvalue weighted by atomic mass is 16.5. The average molecular weight is 389 g/mol. The molecule has 7 heteroatoms. The summed E-state index contributed by atoms with van der Waals surface area (Å²) in [5.74, 6) is 0.608. The highest BCUT2D eigenvalue weighted by molar-refractivity contribution is 6.00. The van der Waals surface area contributed by atoms with Gasteiger partial charge in [-0.25, -0.2) is 10.2 Å². The summed E-state index contributed by atoms with van der Waals surface area (Å²) in [6, 6.07) is 14.9. The summed E-state index contributed by atoms with van der Waals surface area (Å²) in [5.41, 5.74) is 9.12. The quantitative estimate of drug-likeness (QED) is 0.616. The van der Waals surface area contributed by atoms with Gasteiger partial charge >= 0.3 is 6.03 Å². The van der Waals surface area contributed by atoms with Crippen molar-refractivity contribution in [3.63, 3.8) is 0 Å². The Hall–Kier alpha value is -3.58. The zero-order chi connectivity index (χ0) is 20.4. The number of ether oxygens (including phenoxy) is 1. The van der Waals surface area contributed by atoms with E-state index in [0.29, 0.717) is 17.1 Å². The van der Waals surface area contributed by atoms with E-state index < -0.39 is 0 Å². The lowest BCUT2D eigenvalue weighted by atomic mass is 9.97. The fourth-order valence-electron chi connectivity index (χ4n) is 3.60. The Morgan fingerprint density at radius 3 is 2.62 bits per heavy atom. The zero-order valence-corrected chi connectivity index (χ0v) is 16.6. The van der Waals surface area contributed by atoms with Crippen LogP contribution in [-0.2, 0) is 0 Å². The third-order valence-corrected chi connectivity index (χ3v) is 4.96. The molecule has 1 aromatic heterocycles.